The molecule has 3 nitrogen and oxygen atoms in total. The lowest BCUT2D eigenvalue weighted by atomic mass is 10.1. The summed E-state index contributed by atoms with van der Waals surface area (Å²) in [6.45, 7) is 0. The van der Waals surface area contributed by atoms with Crippen LogP contribution in [-0.2, 0) is 0 Å². The van der Waals surface area contributed by atoms with Crippen LogP contribution in [0.4, 0.5) is 10.1 Å². The van der Waals surface area contributed by atoms with Crippen molar-refractivity contribution in [3.8, 4) is 11.1 Å². The number of aromatic nitrogens is 2. The largest absolute Gasteiger partial charge is 0.395 e. The quantitative estimate of drug-likeness (QED) is 0.696. The summed E-state index contributed by atoms with van der Waals surface area (Å²) in [6, 6.07) is 5.18. The Bertz CT molecular complexity index is 442. The van der Waals surface area contributed by atoms with Gasteiger partial charge in [0.15, 0.2) is 0 Å². The lowest BCUT2D eigenvalue weighted by Crippen LogP contribution is -1.94. The van der Waals surface area contributed by atoms with Crippen LogP contribution in [0.25, 0.3) is 11.1 Å². The number of nitrogens with two attached hydrogens (primary N) is 1. The van der Waals surface area contributed by atoms with Gasteiger partial charge in [0, 0.05) is 24.2 Å². The zero-order chi connectivity index (χ0) is 9.97. The molecule has 0 unspecified atom stereocenters. The second-order valence-electron chi connectivity index (χ2n) is 2.84. The molecule has 2 heterocycles. The van der Waals surface area contributed by atoms with Gasteiger partial charge in [0.1, 0.15) is 0 Å². The first-order chi connectivity index (χ1) is 6.77. The highest BCUT2D eigenvalue weighted by Crippen LogP contribution is 2.20. The van der Waals surface area contributed by atoms with E-state index in [1.165, 1.54) is 6.20 Å². The van der Waals surface area contributed by atoms with Gasteiger partial charge in [-0.05, 0) is 23.8 Å². The monoisotopic (exact) mass is 189 g/mol. The highest BCUT2D eigenvalue weighted by atomic mass is 19.1. The first-order valence-electron chi connectivity index (χ1n) is 4.09. The van der Waals surface area contributed by atoms with Crippen molar-refractivity contribution in [3.05, 3.63) is 42.7 Å². The molecule has 0 fully saturated rings. The Balaban J connectivity index is 2.48. The fourth-order valence-corrected chi connectivity index (χ4v) is 1.17. The third-order valence-corrected chi connectivity index (χ3v) is 1.88. The predicted octanol–water partition coefficient (Wildman–Crippen LogP) is 1.86. The lowest BCUT2D eigenvalue weighted by Gasteiger charge is -2.01. The number of hydrogen-bond acceptors (Lipinski definition) is 3. The Hall–Kier alpha value is -1.97. The standard InChI is InChI=1S/C10H8FN3/c11-10-9(12)5-8(6-14-10)7-1-3-13-4-2-7/h1-6H,12H2. The molecule has 0 spiro atoms. The van der Waals surface area contributed by atoms with Gasteiger partial charge in [-0.2, -0.15) is 4.39 Å². The second-order valence-corrected chi connectivity index (χ2v) is 2.84. The van der Waals surface area contributed by atoms with Crippen LogP contribution >= 0.6 is 0 Å². The van der Waals surface area contributed by atoms with Gasteiger partial charge in [0.05, 0.1) is 5.69 Å². The van der Waals surface area contributed by atoms with E-state index in [1.54, 1.807) is 18.5 Å². The number of anilines is 1. The molecule has 2 aromatic rings. The van der Waals surface area contributed by atoms with Crippen molar-refractivity contribution in [1.82, 2.24) is 9.97 Å². The average molecular weight is 189 g/mol. The minimum Gasteiger partial charge on any atom is -0.395 e. The SMILES string of the molecule is Nc1cc(-c2ccncc2)cnc1F. The van der Waals surface area contributed by atoms with Gasteiger partial charge in [-0.3, -0.25) is 4.98 Å². The van der Waals surface area contributed by atoms with Gasteiger partial charge in [0.2, 0.25) is 5.95 Å². The van der Waals surface area contributed by atoms with Crippen LogP contribution in [0.15, 0.2) is 36.8 Å². The summed E-state index contributed by atoms with van der Waals surface area (Å²) < 4.78 is 12.8. The zero-order valence-electron chi connectivity index (χ0n) is 7.31. The van der Waals surface area contributed by atoms with Crippen molar-refractivity contribution in [2.75, 3.05) is 5.73 Å². The van der Waals surface area contributed by atoms with Gasteiger partial charge < -0.3 is 5.73 Å². The van der Waals surface area contributed by atoms with Gasteiger partial charge in [-0.15, -0.1) is 0 Å². The van der Waals surface area contributed by atoms with Crippen molar-refractivity contribution >= 4 is 5.69 Å². The van der Waals surface area contributed by atoms with E-state index in [0.29, 0.717) is 0 Å². The van der Waals surface area contributed by atoms with Crippen molar-refractivity contribution in [3.63, 3.8) is 0 Å². The summed E-state index contributed by atoms with van der Waals surface area (Å²) in [5, 5.41) is 0. The van der Waals surface area contributed by atoms with Crippen LogP contribution in [0.3, 0.4) is 0 Å². The predicted molar refractivity (Wildman–Crippen MR) is 51.8 cm³/mol. The van der Waals surface area contributed by atoms with Gasteiger partial charge in [0.25, 0.3) is 0 Å². The summed E-state index contributed by atoms with van der Waals surface area (Å²) in [5.41, 5.74) is 7.16. The Morgan fingerprint density at radius 2 is 1.86 bits per heavy atom. The van der Waals surface area contributed by atoms with Crippen molar-refractivity contribution in [2.45, 2.75) is 0 Å². The highest BCUT2D eigenvalue weighted by molar-refractivity contribution is 5.65. The maximum Gasteiger partial charge on any atom is 0.236 e. The van der Waals surface area contributed by atoms with E-state index in [9.17, 15) is 4.39 Å². The van der Waals surface area contributed by atoms with E-state index in [-0.39, 0.29) is 5.69 Å². The molecule has 0 atom stereocenters. The number of rotatable bonds is 1. The third-order valence-electron chi connectivity index (χ3n) is 1.88. The minimum atomic E-state index is -0.636. The smallest absolute Gasteiger partial charge is 0.236 e. The van der Waals surface area contributed by atoms with Crippen molar-refractivity contribution in [2.24, 2.45) is 0 Å². The molecule has 2 rings (SSSR count). The summed E-state index contributed by atoms with van der Waals surface area (Å²) in [7, 11) is 0. The maximum atomic E-state index is 12.8. The molecule has 0 aromatic carbocycles. The van der Waals surface area contributed by atoms with Crippen LogP contribution in [0.5, 0.6) is 0 Å². The van der Waals surface area contributed by atoms with Crippen LogP contribution in [0, 0.1) is 5.95 Å². The number of nitrogen functional groups attached to an aromatic ring is 1. The van der Waals surface area contributed by atoms with Crippen LogP contribution in [0.1, 0.15) is 0 Å². The third kappa shape index (κ3) is 1.54. The van der Waals surface area contributed by atoms with Crippen LogP contribution in [-0.4, -0.2) is 9.97 Å². The molecule has 0 bridgehead atoms. The zero-order valence-corrected chi connectivity index (χ0v) is 7.31. The van der Waals surface area contributed by atoms with E-state index >= 15 is 0 Å². The van der Waals surface area contributed by atoms with Gasteiger partial charge in [-0.1, -0.05) is 0 Å². The molecule has 0 amide bonds. The molecule has 0 aliphatic rings. The molecule has 2 N–H and O–H groups in total. The summed E-state index contributed by atoms with van der Waals surface area (Å²) in [6.07, 6.45) is 4.77. The molecule has 0 saturated heterocycles. The molecule has 2 aromatic heterocycles. The van der Waals surface area contributed by atoms with Crippen LogP contribution in [0.2, 0.25) is 0 Å². The summed E-state index contributed by atoms with van der Waals surface area (Å²) in [4.78, 5) is 7.43. The topological polar surface area (TPSA) is 51.8 Å². The average Bonchev–Trinajstić information content (AvgIpc) is 2.23. The van der Waals surface area contributed by atoms with Gasteiger partial charge in [-0.25, -0.2) is 4.98 Å². The van der Waals surface area contributed by atoms with E-state index < -0.39 is 5.95 Å². The van der Waals surface area contributed by atoms with E-state index in [0.717, 1.165) is 11.1 Å². The first kappa shape index (κ1) is 8.62. The molecule has 4 heteroatoms. The Labute approximate surface area is 80.4 Å². The van der Waals surface area contributed by atoms with Crippen molar-refractivity contribution < 1.29 is 4.39 Å². The van der Waals surface area contributed by atoms with E-state index in [1.807, 2.05) is 12.1 Å². The Kier molecular flexibility index (Phi) is 2.10. The molecular weight excluding hydrogens is 181 g/mol. The Morgan fingerprint density at radius 1 is 1.14 bits per heavy atom. The summed E-state index contributed by atoms with van der Waals surface area (Å²) >= 11 is 0. The second kappa shape index (κ2) is 3.41. The number of nitrogens with zero attached hydrogens (tertiary/aromatic N) is 2. The lowest BCUT2D eigenvalue weighted by molar-refractivity contribution is 0.589. The minimum absolute atomic E-state index is 0.0549. The van der Waals surface area contributed by atoms with E-state index in [4.69, 9.17) is 5.73 Å². The highest BCUT2D eigenvalue weighted by Gasteiger charge is 2.02. The fourth-order valence-electron chi connectivity index (χ4n) is 1.17. The Morgan fingerprint density at radius 3 is 2.50 bits per heavy atom. The maximum absolute atomic E-state index is 12.8. The van der Waals surface area contributed by atoms with Gasteiger partial charge >= 0.3 is 0 Å². The van der Waals surface area contributed by atoms with E-state index in [2.05, 4.69) is 9.97 Å². The molecule has 70 valence electrons. The molecular formula is C10H8FN3. The molecule has 0 radical (unpaired) electrons. The molecule has 0 aliphatic heterocycles. The number of pyridine rings is 2. The molecule has 14 heavy (non-hydrogen) atoms. The number of hydrogen-bond donors (Lipinski definition) is 1. The summed E-state index contributed by atoms with van der Waals surface area (Å²) in [5.74, 6) is -0.636. The van der Waals surface area contributed by atoms with Crippen LogP contribution < -0.4 is 5.73 Å². The van der Waals surface area contributed by atoms with Crippen molar-refractivity contribution in [1.29, 1.82) is 0 Å². The fraction of sp³-hybridized carbons (Fsp3) is 0. The molecule has 0 aliphatic carbocycles. The normalized spacial score (nSPS) is 10.1. The first-order valence-corrected chi connectivity index (χ1v) is 4.09. The molecule has 0 saturated carbocycles. The number of halogens is 1.